The number of hydrogen-bond acceptors (Lipinski definition) is 3. The number of pyridine rings is 1. The van der Waals surface area contributed by atoms with Gasteiger partial charge in [-0.2, -0.15) is 0 Å². The fourth-order valence-corrected chi connectivity index (χ4v) is 3.65. The van der Waals surface area contributed by atoms with E-state index in [1.807, 2.05) is 13.1 Å². The number of benzene rings is 1. The van der Waals surface area contributed by atoms with Crippen LogP contribution in [0.3, 0.4) is 0 Å². The van der Waals surface area contributed by atoms with Crippen LogP contribution in [0.2, 0.25) is 0 Å². The molecule has 0 bridgehead atoms. The molecule has 0 aliphatic rings. The molecule has 0 aliphatic carbocycles. The van der Waals surface area contributed by atoms with Crippen molar-refractivity contribution in [2.75, 3.05) is 19.5 Å². The van der Waals surface area contributed by atoms with E-state index >= 15 is 0 Å². The molecule has 0 radical (unpaired) electrons. The largest absolute Gasteiger partial charge is 0.495 e. The second kappa shape index (κ2) is 5.53. The number of rotatable bonds is 2. The topological polar surface area (TPSA) is 34.2 Å². The van der Waals surface area contributed by atoms with Crippen LogP contribution < -0.4 is 10.1 Å². The molecule has 0 amide bonds. The van der Waals surface area contributed by atoms with Crippen molar-refractivity contribution in [3.63, 3.8) is 0 Å². The Kier molecular flexibility index (Phi) is 4.30. The number of ether oxygens (including phenoxy) is 1. The van der Waals surface area contributed by atoms with Gasteiger partial charge in [0, 0.05) is 22.5 Å². The number of halogens is 2. The van der Waals surface area contributed by atoms with Gasteiger partial charge in [0.15, 0.2) is 0 Å². The van der Waals surface area contributed by atoms with E-state index in [0.717, 1.165) is 37.0 Å². The van der Waals surface area contributed by atoms with Crippen molar-refractivity contribution < 1.29 is 4.74 Å². The van der Waals surface area contributed by atoms with Crippen molar-refractivity contribution in [2.24, 2.45) is 0 Å². The number of nitrogens with zero attached hydrogens (tertiary/aromatic N) is 1. The third kappa shape index (κ3) is 2.66. The van der Waals surface area contributed by atoms with Crippen LogP contribution in [0.1, 0.15) is 26.3 Å². The maximum absolute atomic E-state index is 5.53. The minimum absolute atomic E-state index is 0.000656. The smallest absolute Gasteiger partial charge is 0.142 e. The Balaban J connectivity index is 2.91. The van der Waals surface area contributed by atoms with E-state index < -0.39 is 0 Å². The molecule has 0 atom stereocenters. The van der Waals surface area contributed by atoms with Crippen molar-refractivity contribution in [3.8, 4) is 5.75 Å². The number of nitrogens with one attached hydrogen (secondary N) is 1. The van der Waals surface area contributed by atoms with E-state index in [9.17, 15) is 0 Å². The first-order valence-corrected chi connectivity index (χ1v) is 7.93. The van der Waals surface area contributed by atoms with Crippen molar-refractivity contribution in [3.05, 3.63) is 26.6 Å². The summed E-state index contributed by atoms with van der Waals surface area (Å²) in [6, 6.07) is 4.12. The fraction of sp³-hybridized carbons (Fsp3) is 0.400. The molecule has 0 aliphatic heterocycles. The lowest BCUT2D eigenvalue weighted by Crippen LogP contribution is -2.15. The second-order valence-corrected chi connectivity index (χ2v) is 7.36. The second-order valence-electron chi connectivity index (χ2n) is 5.65. The Labute approximate surface area is 136 Å². The van der Waals surface area contributed by atoms with E-state index in [1.54, 1.807) is 7.11 Å². The molecule has 20 heavy (non-hydrogen) atoms. The highest BCUT2D eigenvalue weighted by molar-refractivity contribution is 9.11. The first-order chi connectivity index (χ1) is 9.29. The van der Waals surface area contributed by atoms with Gasteiger partial charge < -0.3 is 10.1 Å². The summed E-state index contributed by atoms with van der Waals surface area (Å²) < 4.78 is 7.38. The van der Waals surface area contributed by atoms with Crippen LogP contribution in [0, 0.1) is 0 Å². The van der Waals surface area contributed by atoms with Crippen LogP contribution in [-0.2, 0) is 5.41 Å². The maximum atomic E-state index is 5.53. The Morgan fingerprint density at radius 1 is 1.15 bits per heavy atom. The molecular weight excluding hydrogens is 384 g/mol. The summed E-state index contributed by atoms with van der Waals surface area (Å²) in [5, 5.41) is 4.19. The molecule has 0 saturated heterocycles. The minimum Gasteiger partial charge on any atom is -0.495 e. The highest BCUT2D eigenvalue weighted by Gasteiger charge is 2.22. The normalized spacial score (nSPS) is 11.8. The molecule has 2 aromatic rings. The molecular formula is C15H18Br2N2O. The molecule has 2 rings (SSSR count). The van der Waals surface area contributed by atoms with Crippen molar-refractivity contribution >= 4 is 48.6 Å². The number of hydrogen-bond donors (Lipinski definition) is 1. The van der Waals surface area contributed by atoms with E-state index in [0.29, 0.717) is 0 Å². The Morgan fingerprint density at radius 2 is 1.80 bits per heavy atom. The average molecular weight is 402 g/mol. The van der Waals surface area contributed by atoms with Crippen LogP contribution in [0.5, 0.6) is 5.75 Å². The molecule has 108 valence electrons. The molecule has 1 aromatic carbocycles. The Bertz CT molecular complexity index is 663. The quantitative estimate of drug-likeness (QED) is 0.759. The zero-order valence-corrected chi connectivity index (χ0v) is 15.4. The lowest BCUT2D eigenvalue weighted by molar-refractivity contribution is 0.417. The number of aromatic nitrogens is 1. The fourth-order valence-electron chi connectivity index (χ4n) is 2.21. The van der Waals surface area contributed by atoms with Gasteiger partial charge in [0.1, 0.15) is 11.6 Å². The van der Waals surface area contributed by atoms with Crippen LogP contribution in [-0.4, -0.2) is 19.1 Å². The van der Waals surface area contributed by atoms with Gasteiger partial charge >= 0.3 is 0 Å². The predicted octanol–water partition coefficient (Wildman–Crippen LogP) is 5.11. The predicted molar refractivity (Wildman–Crippen MR) is 91.9 cm³/mol. The van der Waals surface area contributed by atoms with Crippen molar-refractivity contribution in [1.82, 2.24) is 4.98 Å². The molecule has 1 aromatic heterocycles. The lowest BCUT2D eigenvalue weighted by atomic mass is 9.86. The summed E-state index contributed by atoms with van der Waals surface area (Å²) in [6.07, 6.45) is 0. The lowest BCUT2D eigenvalue weighted by Gasteiger charge is -2.23. The maximum Gasteiger partial charge on any atom is 0.142 e. The molecule has 0 unspecified atom stereocenters. The van der Waals surface area contributed by atoms with E-state index in [4.69, 9.17) is 9.72 Å². The standard InChI is InChI=1S/C15H18Br2N2O/c1-15(2,3)9-6-8-12(19-14(9)18-4)10(16)7-11(17)13(8)20-5/h6-7H,1-5H3,(H,18,19). The Morgan fingerprint density at radius 3 is 2.30 bits per heavy atom. The molecule has 1 N–H and O–H groups in total. The minimum atomic E-state index is -0.000656. The van der Waals surface area contributed by atoms with Crippen LogP contribution in [0.15, 0.2) is 21.1 Å². The third-order valence-electron chi connectivity index (χ3n) is 3.21. The zero-order valence-electron chi connectivity index (χ0n) is 12.3. The van der Waals surface area contributed by atoms with Gasteiger partial charge in [0.2, 0.25) is 0 Å². The molecule has 5 heteroatoms. The summed E-state index contributed by atoms with van der Waals surface area (Å²) in [7, 11) is 3.57. The van der Waals surface area contributed by atoms with Gasteiger partial charge in [-0.1, -0.05) is 20.8 Å². The number of fused-ring (bicyclic) bond motifs is 1. The Hall–Kier alpha value is -0.810. The number of methoxy groups -OCH3 is 1. The molecule has 0 spiro atoms. The van der Waals surface area contributed by atoms with Gasteiger partial charge in [0.25, 0.3) is 0 Å². The molecule has 0 fully saturated rings. The van der Waals surface area contributed by atoms with E-state index in [2.05, 4.69) is 64.0 Å². The highest BCUT2D eigenvalue weighted by atomic mass is 79.9. The van der Waals surface area contributed by atoms with Crippen molar-refractivity contribution in [1.29, 1.82) is 0 Å². The summed E-state index contributed by atoms with van der Waals surface area (Å²) in [6.45, 7) is 6.53. The van der Waals surface area contributed by atoms with Gasteiger partial charge in [-0.05, 0) is 49.4 Å². The summed E-state index contributed by atoms with van der Waals surface area (Å²) in [5.41, 5.74) is 2.05. The highest BCUT2D eigenvalue weighted by Crippen LogP contribution is 2.41. The molecule has 3 nitrogen and oxygen atoms in total. The first kappa shape index (κ1) is 15.6. The summed E-state index contributed by atoms with van der Waals surface area (Å²) >= 11 is 7.11. The van der Waals surface area contributed by atoms with Gasteiger partial charge in [-0.15, -0.1) is 0 Å². The SMILES string of the molecule is CNc1nc2c(Br)cc(Br)c(OC)c2cc1C(C)(C)C. The molecule has 0 saturated carbocycles. The van der Waals surface area contributed by atoms with E-state index in [-0.39, 0.29) is 5.41 Å². The van der Waals surface area contributed by atoms with Gasteiger partial charge in [0.05, 0.1) is 17.1 Å². The third-order valence-corrected chi connectivity index (χ3v) is 4.41. The monoisotopic (exact) mass is 400 g/mol. The number of anilines is 1. The first-order valence-electron chi connectivity index (χ1n) is 6.34. The van der Waals surface area contributed by atoms with Crippen LogP contribution in [0.4, 0.5) is 5.82 Å². The van der Waals surface area contributed by atoms with E-state index in [1.165, 1.54) is 0 Å². The van der Waals surface area contributed by atoms with Gasteiger partial charge in [-0.3, -0.25) is 0 Å². The van der Waals surface area contributed by atoms with Crippen LogP contribution in [0.25, 0.3) is 10.9 Å². The van der Waals surface area contributed by atoms with Crippen LogP contribution >= 0.6 is 31.9 Å². The summed E-state index contributed by atoms with van der Waals surface area (Å²) in [5.74, 6) is 1.71. The molecule has 1 heterocycles. The zero-order chi connectivity index (χ0) is 15.1. The van der Waals surface area contributed by atoms with Gasteiger partial charge in [-0.25, -0.2) is 4.98 Å². The average Bonchev–Trinajstić information content (AvgIpc) is 2.36. The van der Waals surface area contributed by atoms with Crippen molar-refractivity contribution in [2.45, 2.75) is 26.2 Å². The summed E-state index contributed by atoms with van der Waals surface area (Å²) in [4.78, 5) is 4.75.